The second-order valence-electron chi connectivity index (χ2n) is 14.9. The lowest BCUT2D eigenvalue weighted by Gasteiger charge is -2.38. The highest BCUT2D eigenvalue weighted by Gasteiger charge is 2.48. The summed E-state index contributed by atoms with van der Waals surface area (Å²) >= 11 is 5.92. The number of anilines is 1. The highest BCUT2D eigenvalue weighted by Crippen LogP contribution is 2.31. The first kappa shape index (κ1) is 47.8. The molecule has 0 radical (unpaired) electrons. The van der Waals surface area contributed by atoms with Gasteiger partial charge in [-0.3, -0.25) is 24.1 Å². The van der Waals surface area contributed by atoms with Crippen molar-refractivity contribution in [2.24, 2.45) is 4.99 Å². The molecule has 1 saturated heterocycles. The third-order valence-corrected chi connectivity index (χ3v) is 10.4. The highest BCUT2D eigenvalue weighted by molar-refractivity contribution is 6.30. The topological polar surface area (TPSA) is 261 Å². The summed E-state index contributed by atoms with van der Waals surface area (Å²) in [5, 5.41) is 55.7. The maximum absolute atomic E-state index is 13.1. The number of aromatic nitrogens is 1. The maximum Gasteiger partial charge on any atom is 0.335 e. The van der Waals surface area contributed by atoms with E-state index < -0.39 is 60.3 Å². The van der Waals surface area contributed by atoms with Crippen molar-refractivity contribution < 1.29 is 63.2 Å². The number of amides is 4. The van der Waals surface area contributed by atoms with Gasteiger partial charge in [-0.15, -0.1) is 0 Å². The van der Waals surface area contributed by atoms with Crippen LogP contribution >= 0.6 is 11.6 Å². The number of unbranched alkanes of at least 4 members (excludes halogenated alkanes) is 4. The summed E-state index contributed by atoms with van der Waals surface area (Å²) in [5.41, 5.74) is 2.51. The Morgan fingerprint density at radius 2 is 1.56 bits per heavy atom. The van der Waals surface area contributed by atoms with Gasteiger partial charge in [0.15, 0.2) is 25.0 Å². The molecule has 2 aromatic carbocycles. The quantitative estimate of drug-likeness (QED) is 0.0263. The lowest BCUT2D eigenvalue weighted by molar-refractivity contribution is -0.688. The summed E-state index contributed by atoms with van der Waals surface area (Å²) in [6.07, 6.45) is 4.18. The molecule has 1 fully saturated rings. The number of carbonyl (C=O) groups excluding carboxylic acids is 4. The van der Waals surface area contributed by atoms with Crippen LogP contribution < -0.4 is 24.7 Å². The van der Waals surface area contributed by atoms with Crippen molar-refractivity contribution in [2.45, 2.75) is 95.0 Å². The van der Waals surface area contributed by atoms with Crippen LogP contribution in [0.25, 0.3) is 0 Å². The largest absolute Gasteiger partial charge is 0.494 e. The van der Waals surface area contributed by atoms with E-state index in [2.05, 4.69) is 15.6 Å². The van der Waals surface area contributed by atoms with E-state index in [0.717, 1.165) is 66.2 Å². The lowest BCUT2D eigenvalue weighted by Crippen LogP contribution is -2.61. The molecule has 5 rings (SSSR count). The fraction of sp³-hybridized carbons (Fsp3) is 0.409. The molecule has 0 spiro atoms. The van der Waals surface area contributed by atoms with Gasteiger partial charge in [0.2, 0.25) is 24.3 Å². The van der Waals surface area contributed by atoms with Gasteiger partial charge in [0.1, 0.15) is 29.8 Å². The van der Waals surface area contributed by atoms with Gasteiger partial charge in [0.25, 0.3) is 11.8 Å². The summed E-state index contributed by atoms with van der Waals surface area (Å²) in [6.45, 7) is 0.724. The number of aliphatic hydroxyl groups excluding tert-OH is 3. The number of hydrogen-bond donors (Lipinski definition) is 6. The first-order valence-corrected chi connectivity index (χ1v) is 20.8. The van der Waals surface area contributed by atoms with Gasteiger partial charge in [0, 0.05) is 72.9 Å². The molecule has 63 heavy (non-hydrogen) atoms. The average Bonchev–Trinajstić information content (AvgIpc) is 3.58. The smallest absolute Gasteiger partial charge is 0.335 e. The molecule has 2 aliphatic rings. The van der Waals surface area contributed by atoms with Crippen LogP contribution in [0.3, 0.4) is 0 Å². The number of aliphatic hydroxyl groups is 3. The van der Waals surface area contributed by atoms with E-state index >= 15 is 0 Å². The van der Waals surface area contributed by atoms with E-state index in [9.17, 15) is 49.7 Å². The normalized spacial score (nSPS) is 19.7. The summed E-state index contributed by atoms with van der Waals surface area (Å²) in [5.74, 6) is -2.96. The highest BCUT2D eigenvalue weighted by atomic mass is 35.5. The SMILES string of the molecule is N#CN=C(CCCCCCCOc1ccc(Cl)cc1)Cc1cc[n+](Cc2ccc(O[C@@H]3O[C@H](C(=O)O)[C@@H](O)[C@H](O)[C@H]3O)c(NC(=O)CCNC(=O)CCN3C(=O)C=CC3=O)c2)cc1. The number of benzene rings is 2. The van der Waals surface area contributed by atoms with Crippen molar-refractivity contribution in [1.82, 2.24) is 10.2 Å². The Bertz CT molecular complexity index is 2160. The number of carboxylic acid groups (broad SMARTS) is 1. The molecule has 5 atom stereocenters. The van der Waals surface area contributed by atoms with Gasteiger partial charge in [-0.2, -0.15) is 10.3 Å². The van der Waals surface area contributed by atoms with E-state index in [1.54, 1.807) is 24.3 Å². The Balaban J connectivity index is 1.15. The number of carbonyl (C=O) groups is 5. The van der Waals surface area contributed by atoms with Gasteiger partial charge in [-0.05, 0) is 67.3 Å². The van der Waals surface area contributed by atoms with Crippen LogP contribution in [0.1, 0.15) is 62.5 Å². The van der Waals surface area contributed by atoms with Crippen molar-refractivity contribution >= 4 is 52.6 Å². The van der Waals surface area contributed by atoms with Crippen molar-refractivity contribution in [2.75, 3.05) is 25.0 Å². The second kappa shape index (κ2) is 23.8. The molecule has 0 bridgehead atoms. The molecule has 334 valence electrons. The first-order valence-electron chi connectivity index (χ1n) is 20.4. The number of pyridine rings is 1. The van der Waals surface area contributed by atoms with Gasteiger partial charge < -0.3 is 45.3 Å². The maximum atomic E-state index is 13.1. The zero-order chi connectivity index (χ0) is 45.3. The van der Waals surface area contributed by atoms with E-state index in [1.165, 1.54) is 6.07 Å². The minimum absolute atomic E-state index is 0.0608. The van der Waals surface area contributed by atoms with Gasteiger partial charge >= 0.3 is 5.97 Å². The number of nitrogens with one attached hydrogen (secondary N) is 2. The van der Waals surface area contributed by atoms with E-state index in [0.29, 0.717) is 36.6 Å². The van der Waals surface area contributed by atoms with Crippen molar-refractivity contribution in [1.29, 1.82) is 5.26 Å². The third-order valence-electron chi connectivity index (χ3n) is 10.1. The van der Waals surface area contributed by atoms with E-state index in [1.807, 2.05) is 47.4 Å². The number of nitrogens with zero attached hydrogens (tertiary/aromatic N) is 4. The van der Waals surface area contributed by atoms with Gasteiger partial charge in [0.05, 0.1) is 12.3 Å². The van der Waals surface area contributed by atoms with Crippen LogP contribution in [0.2, 0.25) is 5.02 Å². The van der Waals surface area contributed by atoms with Crippen LogP contribution in [0, 0.1) is 11.5 Å². The molecule has 6 N–H and O–H groups in total. The predicted molar refractivity (Wildman–Crippen MR) is 225 cm³/mol. The number of rotatable bonds is 23. The molecule has 0 aliphatic carbocycles. The Morgan fingerprint density at radius 3 is 2.25 bits per heavy atom. The molecule has 19 heteroatoms. The van der Waals surface area contributed by atoms with Crippen LogP contribution in [-0.4, -0.2) is 111 Å². The predicted octanol–water partition coefficient (Wildman–Crippen LogP) is 2.59. The lowest BCUT2D eigenvalue weighted by atomic mass is 9.99. The van der Waals surface area contributed by atoms with Crippen molar-refractivity contribution in [3.63, 3.8) is 0 Å². The van der Waals surface area contributed by atoms with Crippen molar-refractivity contribution in [3.8, 4) is 17.7 Å². The van der Waals surface area contributed by atoms with Crippen LogP contribution in [-0.2, 0) is 41.7 Å². The molecule has 3 aromatic rings. The van der Waals surface area contributed by atoms with Crippen LogP contribution in [0.4, 0.5) is 5.69 Å². The summed E-state index contributed by atoms with van der Waals surface area (Å²) in [7, 11) is 0. The molecule has 18 nitrogen and oxygen atoms in total. The Labute approximate surface area is 368 Å². The molecule has 4 amide bonds. The molecular weight excluding hydrogens is 840 g/mol. The molecule has 0 saturated carbocycles. The monoisotopic (exact) mass is 889 g/mol. The van der Waals surface area contributed by atoms with Gasteiger partial charge in [-0.1, -0.05) is 30.9 Å². The zero-order valence-corrected chi connectivity index (χ0v) is 35.1. The molecule has 1 aromatic heterocycles. The average molecular weight is 890 g/mol. The minimum Gasteiger partial charge on any atom is -0.494 e. The standard InChI is InChI=1S/C44H49ClN6O12/c45-30-8-10-32(11-9-30)61-23-5-3-1-2-4-6-31(48-27-46)24-28-16-20-50(21-17-28)26-29-7-12-34(62-44-41(58)39(56)40(57)42(63-44)43(59)60)33(25-29)49-36(53)15-19-47-35(52)18-22-51-37(54)13-14-38(51)55/h7-14,16-17,20-21,25,39-42,44,56-58H,1-6,15,18-19,22-24,26H2,(H2-,47,49,52,53,59,60)/p+1/t39-,40-,41+,42-,44+/m0/s1. The number of carboxylic acids is 1. The Kier molecular flexibility index (Phi) is 18.1. The molecular formula is C44H50ClN6O12+. The number of aliphatic carboxylic acids is 1. The summed E-state index contributed by atoms with van der Waals surface area (Å²) < 4.78 is 18.7. The van der Waals surface area contributed by atoms with Crippen LogP contribution in [0.5, 0.6) is 11.5 Å². The zero-order valence-electron chi connectivity index (χ0n) is 34.3. The number of hydrogen-bond acceptors (Lipinski definition) is 13. The number of halogens is 1. The van der Waals surface area contributed by atoms with Crippen molar-refractivity contribution in [3.05, 3.63) is 95.3 Å². The number of ether oxygens (including phenoxy) is 3. The number of imide groups is 1. The molecule has 2 aliphatic heterocycles. The minimum atomic E-state index is -1.94. The molecule has 3 heterocycles. The first-order chi connectivity index (χ1) is 30.3. The van der Waals surface area contributed by atoms with E-state index in [4.69, 9.17) is 25.8 Å². The number of aliphatic imine (C=N–C) groups is 1. The van der Waals surface area contributed by atoms with E-state index in [-0.39, 0.29) is 37.4 Å². The summed E-state index contributed by atoms with van der Waals surface area (Å²) in [4.78, 5) is 65.7. The molecule has 0 unspecified atom stereocenters. The van der Waals surface area contributed by atoms with Gasteiger partial charge in [-0.25, -0.2) is 9.36 Å². The third kappa shape index (κ3) is 14.7. The summed E-state index contributed by atoms with van der Waals surface area (Å²) in [6, 6.07) is 15.8. The number of nitriles is 1. The fourth-order valence-corrected chi connectivity index (χ4v) is 6.85. The Morgan fingerprint density at radius 1 is 0.857 bits per heavy atom. The Hall–Kier alpha value is -6.23. The fourth-order valence-electron chi connectivity index (χ4n) is 6.73. The van der Waals surface area contributed by atoms with Crippen LogP contribution in [0.15, 0.2) is 84.1 Å². The second-order valence-corrected chi connectivity index (χ2v) is 15.3.